The summed E-state index contributed by atoms with van der Waals surface area (Å²) in [4.78, 5) is 27.1. The van der Waals surface area contributed by atoms with Gasteiger partial charge in [-0.3, -0.25) is 9.78 Å². The maximum Gasteiger partial charge on any atom is 1.00 e. The van der Waals surface area contributed by atoms with Crippen molar-refractivity contribution in [3.63, 3.8) is 0 Å². The zero-order valence-electron chi connectivity index (χ0n) is 17.8. The van der Waals surface area contributed by atoms with Crippen LogP contribution in [-0.2, 0) is 9.59 Å². The van der Waals surface area contributed by atoms with E-state index in [-0.39, 0.29) is 41.8 Å². The van der Waals surface area contributed by atoms with E-state index in [0.717, 1.165) is 46.1 Å². The van der Waals surface area contributed by atoms with Crippen molar-refractivity contribution in [2.24, 2.45) is 0 Å². The molecule has 0 aliphatic heterocycles. The SMILES string of the molecule is O=C([O-])CC(=O)C[C@H](O)/C=C/c1c(C2CC2)nc2ccccc2c1-c1ccc(F)cc1.[Na+]. The standard InChI is InChI=1S/C25H22FNO4.Na/c26-17-9-7-15(8-10-17)24-20-3-1-2-4-22(20)27-25(16-5-6-16)21(24)12-11-18(28)13-19(29)14-23(30)31;/h1-4,7-12,16,18,28H,5-6,13-14H2,(H,30,31);/q;+1/p-1/b12-11+;/t18-;/m1./s1. The average Bonchev–Trinajstić information content (AvgIpc) is 3.56. The normalized spacial score (nSPS) is 14.3. The van der Waals surface area contributed by atoms with E-state index >= 15 is 0 Å². The number of aliphatic hydroxyl groups is 1. The van der Waals surface area contributed by atoms with E-state index in [9.17, 15) is 24.2 Å². The third kappa shape index (κ3) is 5.70. The molecule has 1 atom stereocenters. The van der Waals surface area contributed by atoms with E-state index in [0.29, 0.717) is 5.92 Å². The molecule has 1 N–H and O–H groups in total. The summed E-state index contributed by atoms with van der Waals surface area (Å²) in [5.41, 5.74) is 4.27. The first-order chi connectivity index (χ1) is 14.9. The molecule has 2 aromatic carbocycles. The van der Waals surface area contributed by atoms with Crippen molar-refractivity contribution in [2.45, 2.75) is 37.7 Å². The second kappa shape index (κ2) is 10.5. The number of rotatable bonds is 8. The predicted octanol–water partition coefficient (Wildman–Crippen LogP) is 0.396. The largest absolute Gasteiger partial charge is 1.00 e. The molecule has 1 aliphatic rings. The second-order valence-electron chi connectivity index (χ2n) is 7.80. The van der Waals surface area contributed by atoms with Crippen LogP contribution in [0.15, 0.2) is 54.6 Å². The molecule has 0 bridgehead atoms. The summed E-state index contributed by atoms with van der Waals surface area (Å²) in [6.45, 7) is 0. The number of carbonyl (C=O) groups excluding carboxylic acids is 2. The van der Waals surface area contributed by atoms with Crippen molar-refractivity contribution in [2.75, 3.05) is 0 Å². The van der Waals surface area contributed by atoms with E-state index in [4.69, 9.17) is 4.98 Å². The van der Waals surface area contributed by atoms with Crippen LogP contribution < -0.4 is 34.7 Å². The van der Waals surface area contributed by atoms with Crippen LogP contribution in [0.3, 0.4) is 0 Å². The number of carbonyl (C=O) groups is 2. The molecule has 158 valence electrons. The Labute approximate surface area is 207 Å². The number of nitrogens with zero attached hydrogens (tertiary/aromatic N) is 1. The molecule has 1 heterocycles. The van der Waals surface area contributed by atoms with Gasteiger partial charge in [0.25, 0.3) is 0 Å². The number of pyridine rings is 1. The van der Waals surface area contributed by atoms with Crippen LogP contribution in [-0.4, -0.2) is 27.9 Å². The molecule has 7 heteroatoms. The summed E-state index contributed by atoms with van der Waals surface area (Å²) in [5, 5.41) is 21.7. The first-order valence-electron chi connectivity index (χ1n) is 10.2. The summed E-state index contributed by atoms with van der Waals surface area (Å²) in [6, 6.07) is 14.0. The number of aliphatic hydroxyl groups excluding tert-OH is 1. The summed E-state index contributed by atoms with van der Waals surface area (Å²) in [7, 11) is 0. The van der Waals surface area contributed by atoms with Crippen LogP contribution in [0.1, 0.15) is 42.9 Å². The Morgan fingerprint density at radius 3 is 2.50 bits per heavy atom. The van der Waals surface area contributed by atoms with Gasteiger partial charge in [-0.15, -0.1) is 0 Å². The average molecular weight is 441 g/mol. The monoisotopic (exact) mass is 441 g/mol. The Hall–Kier alpha value is -2.38. The first-order valence-corrected chi connectivity index (χ1v) is 10.2. The molecule has 0 saturated heterocycles. The number of para-hydroxylation sites is 1. The Balaban J connectivity index is 0.00000289. The molecule has 1 saturated carbocycles. The zero-order chi connectivity index (χ0) is 22.0. The molecule has 4 rings (SSSR count). The molecule has 3 aromatic rings. The number of hydrogen-bond acceptors (Lipinski definition) is 5. The van der Waals surface area contributed by atoms with Gasteiger partial charge in [-0.05, 0) is 36.6 Å². The minimum Gasteiger partial charge on any atom is -0.550 e. The Kier molecular flexibility index (Phi) is 7.96. The number of fused-ring (bicyclic) bond motifs is 1. The first kappa shape index (κ1) is 24.3. The van der Waals surface area contributed by atoms with Crippen LogP contribution in [0, 0.1) is 5.82 Å². The van der Waals surface area contributed by atoms with Crippen molar-refractivity contribution < 1.29 is 53.7 Å². The van der Waals surface area contributed by atoms with E-state index in [1.807, 2.05) is 24.3 Å². The van der Waals surface area contributed by atoms with E-state index in [1.165, 1.54) is 18.2 Å². The molecule has 32 heavy (non-hydrogen) atoms. The van der Waals surface area contributed by atoms with Gasteiger partial charge in [0.05, 0.1) is 17.3 Å². The third-order valence-corrected chi connectivity index (χ3v) is 5.32. The van der Waals surface area contributed by atoms with Gasteiger partial charge < -0.3 is 15.0 Å². The molecule has 1 aromatic heterocycles. The number of aromatic nitrogens is 1. The second-order valence-corrected chi connectivity index (χ2v) is 7.80. The summed E-state index contributed by atoms with van der Waals surface area (Å²) in [5.74, 6) is -2.09. The fraction of sp³-hybridized carbons (Fsp3) is 0.240. The minimum atomic E-state index is -1.46. The van der Waals surface area contributed by atoms with Gasteiger partial charge in [0, 0.05) is 41.2 Å². The number of aliphatic carboxylic acids is 1. The molecule has 0 amide bonds. The van der Waals surface area contributed by atoms with Gasteiger partial charge in [0.15, 0.2) is 0 Å². The van der Waals surface area contributed by atoms with Crippen molar-refractivity contribution in [3.05, 3.63) is 71.7 Å². The van der Waals surface area contributed by atoms with Crippen LogP contribution in [0.4, 0.5) is 4.39 Å². The van der Waals surface area contributed by atoms with Gasteiger partial charge in [-0.25, -0.2) is 4.39 Å². The number of Topliss-reactive ketones (excluding diaryl/α,β-unsaturated/α-hetero) is 1. The molecule has 0 radical (unpaired) electrons. The van der Waals surface area contributed by atoms with Crippen molar-refractivity contribution in [3.8, 4) is 11.1 Å². The van der Waals surface area contributed by atoms with Gasteiger partial charge in [-0.1, -0.05) is 42.5 Å². The topological polar surface area (TPSA) is 90.3 Å². The summed E-state index contributed by atoms with van der Waals surface area (Å²) in [6.07, 6.45) is 3.09. The van der Waals surface area contributed by atoms with E-state index < -0.39 is 24.3 Å². The van der Waals surface area contributed by atoms with Crippen LogP contribution in [0.2, 0.25) is 0 Å². The number of halogens is 1. The summed E-state index contributed by atoms with van der Waals surface area (Å²) < 4.78 is 13.6. The Bertz CT molecular complexity index is 1170. The molecule has 0 spiro atoms. The zero-order valence-corrected chi connectivity index (χ0v) is 19.8. The molecule has 1 fully saturated rings. The Morgan fingerprint density at radius 2 is 1.84 bits per heavy atom. The van der Waals surface area contributed by atoms with Crippen molar-refractivity contribution in [1.29, 1.82) is 0 Å². The maximum absolute atomic E-state index is 13.6. The maximum atomic E-state index is 13.6. The summed E-state index contributed by atoms with van der Waals surface area (Å²) >= 11 is 0. The fourth-order valence-electron chi connectivity index (χ4n) is 3.75. The fourth-order valence-corrected chi connectivity index (χ4v) is 3.75. The number of benzene rings is 2. The Morgan fingerprint density at radius 1 is 1.16 bits per heavy atom. The minimum absolute atomic E-state index is 0. The number of hydrogen-bond donors (Lipinski definition) is 1. The quantitative estimate of drug-likeness (QED) is 0.404. The number of ketones is 1. The van der Waals surface area contributed by atoms with Gasteiger partial charge >= 0.3 is 29.6 Å². The number of carboxylic acid groups (broad SMARTS) is 1. The molecular weight excluding hydrogens is 420 g/mol. The van der Waals surface area contributed by atoms with Crippen molar-refractivity contribution >= 4 is 28.7 Å². The van der Waals surface area contributed by atoms with E-state index in [1.54, 1.807) is 18.2 Å². The number of carboxylic acids is 1. The van der Waals surface area contributed by atoms with E-state index in [2.05, 4.69) is 0 Å². The van der Waals surface area contributed by atoms with Crippen LogP contribution >= 0.6 is 0 Å². The third-order valence-electron chi connectivity index (χ3n) is 5.32. The smallest absolute Gasteiger partial charge is 0.550 e. The molecule has 1 aliphatic carbocycles. The van der Waals surface area contributed by atoms with Gasteiger partial charge in [-0.2, -0.15) is 0 Å². The molecular formula is C25H21FNNaO4. The van der Waals surface area contributed by atoms with Gasteiger partial charge in [0.2, 0.25) is 0 Å². The van der Waals surface area contributed by atoms with Crippen molar-refractivity contribution in [1.82, 2.24) is 4.98 Å². The molecule has 5 nitrogen and oxygen atoms in total. The molecule has 0 unspecified atom stereocenters. The van der Waals surface area contributed by atoms with Gasteiger partial charge in [0.1, 0.15) is 11.6 Å². The van der Waals surface area contributed by atoms with Crippen LogP contribution in [0.25, 0.3) is 28.1 Å². The predicted molar refractivity (Wildman–Crippen MR) is 113 cm³/mol. The van der Waals surface area contributed by atoms with Crippen LogP contribution in [0.5, 0.6) is 0 Å².